The molecule has 1 aromatic rings. The minimum atomic E-state index is 0.0544. The van der Waals surface area contributed by atoms with Crippen molar-refractivity contribution in [3.05, 3.63) is 17.0 Å². The summed E-state index contributed by atoms with van der Waals surface area (Å²) in [7, 11) is 1.64. The molecule has 0 N–H and O–H groups in total. The zero-order valence-corrected chi connectivity index (χ0v) is 12.8. The highest BCUT2D eigenvalue weighted by Gasteiger charge is 2.14. The molecule has 114 valence electrons. The molecule has 6 heteroatoms. The maximum absolute atomic E-state index is 11.5. The third kappa shape index (κ3) is 5.03. The highest BCUT2D eigenvalue weighted by molar-refractivity contribution is 5.96. The van der Waals surface area contributed by atoms with Gasteiger partial charge in [0.05, 0.1) is 50.8 Å². The average Bonchev–Trinajstić information content (AvgIpc) is 2.67. The van der Waals surface area contributed by atoms with E-state index in [1.54, 1.807) is 14.0 Å². The molecule has 0 aliphatic heterocycles. The first-order valence-corrected chi connectivity index (χ1v) is 6.77. The van der Waals surface area contributed by atoms with Gasteiger partial charge in [0.25, 0.3) is 0 Å². The van der Waals surface area contributed by atoms with Crippen molar-refractivity contribution in [3.8, 4) is 0 Å². The number of ether oxygens (including phenoxy) is 3. The van der Waals surface area contributed by atoms with Gasteiger partial charge in [-0.1, -0.05) is 0 Å². The van der Waals surface area contributed by atoms with Crippen LogP contribution in [0.3, 0.4) is 0 Å². The molecule has 6 nitrogen and oxygen atoms in total. The van der Waals surface area contributed by atoms with Gasteiger partial charge in [-0.05, 0) is 20.8 Å². The normalized spacial score (nSPS) is 11.0. The highest BCUT2D eigenvalue weighted by atomic mass is 16.5. The van der Waals surface area contributed by atoms with Gasteiger partial charge in [-0.2, -0.15) is 5.10 Å². The second kappa shape index (κ2) is 8.84. The Kier molecular flexibility index (Phi) is 7.43. The van der Waals surface area contributed by atoms with E-state index in [1.165, 1.54) is 0 Å². The molecule has 0 fully saturated rings. The van der Waals surface area contributed by atoms with Gasteiger partial charge in [-0.3, -0.25) is 9.48 Å². The van der Waals surface area contributed by atoms with Gasteiger partial charge < -0.3 is 14.2 Å². The Balaban J connectivity index is 2.26. The van der Waals surface area contributed by atoms with Gasteiger partial charge in [-0.15, -0.1) is 0 Å². The van der Waals surface area contributed by atoms with Crippen LogP contribution in [0.5, 0.6) is 0 Å². The van der Waals surface area contributed by atoms with Crippen molar-refractivity contribution in [1.29, 1.82) is 0 Å². The molecule has 0 atom stereocenters. The number of aryl methyl sites for hydroxylation is 1. The zero-order valence-electron chi connectivity index (χ0n) is 12.8. The van der Waals surface area contributed by atoms with Crippen molar-refractivity contribution in [1.82, 2.24) is 9.78 Å². The molecule has 0 aliphatic carbocycles. The molecule has 0 spiro atoms. The maximum atomic E-state index is 11.5. The van der Waals surface area contributed by atoms with Crippen LogP contribution < -0.4 is 0 Å². The third-order valence-electron chi connectivity index (χ3n) is 2.98. The second-order valence-corrected chi connectivity index (χ2v) is 4.54. The van der Waals surface area contributed by atoms with Crippen LogP contribution in [0.25, 0.3) is 0 Å². The molecule has 1 aromatic heterocycles. The standard InChI is InChI=1S/C14H24N2O4/c1-11-14(13(3)17)12(2)16(15-11)5-6-19-9-10-20-8-7-18-4/h5-10H2,1-4H3. The number of hydrogen-bond acceptors (Lipinski definition) is 5. The van der Waals surface area contributed by atoms with Gasteiger partial charge >= 0.3 is 0 Å². The summed E-state index contributed by atoms with van der Waals surface area (Å²) < 4.78 is 17.4. The zero-order chi connectivity index (χ0) is 15.0. The molecular weight excluding hydrogens is 260 g/mol. The summed E-state index contributed by atoms with van der Waals surface area (Å²) in [6.07, 6.45) is 0. The molecule has 0 saturated heterocycles. The fourth-order valence-electron chi connectivity index (χ4n) is 2.04. The molecule has 0 unspecified atom stereocenters. The Morgan fingerprint density at radius 3 is 2.25 bits per heavy atom. The van der Waals surface area contributed by atoms with Crippen LogP contribution in [0, 0.1) is 13.8 Å². The summed E-state index contributed by atoms with van der Waals surface area (Å²) >= 11 is 0. The Morgan fingerprint density at radius 1 is 1.10 bits per heavy atom. The number of aromatic nitrogens is 2. The lowest BCUT2D eigenvalue weighted by Crippen LogP contribution is -2.13. The SMILES string of the molecule is COCCOCCOCCn1nc(C)c(C(C)=O)c1C. The molecule has 20 heavy (non-hydrogen) atoms. The first kappa shape index (κ1) is 16.8. The molecule has 0 aromatic carbocycles. The smallest absolute Gasteiger partial charge is 0.163 e. The number of hydrogen-bond donors (Lipinski definition) is 0. The van der Waals surface area contributed by atoms with E-state index in [0.717, 1.165) is 11.4 Å². The quantitative estimate of drug-likeness (QED) is 0.480. The highest BCUT2D eigenvalue weighted by Crippen LogP contribution is 2.13. The van der Waals surface area contributed by atoms with E-state index < -0.39 is 0 Å². The second-order valence-electron chi connectivity index (χ2n) is 4.54. The summed E-state index contributed by atoms with van der Waals surface area (Å²) in [4.78, 5) is 11.5. The largest absolute Gasteiger partial charge is 0.382 e. The van der Waals surface area contributed by atoms with Crippen molar-refractivity contribution in [2.45, 2.75) is 27.3 Å². The number of nitrogens with zero attached hydrogens (tertiary/aromatic N) is 2. The van der Waals surface area contributed by atoms with Crippen LogP contribution in [0.1, 0.15) is 28.7 Å². The van der Waals surface area contributed by atoms with Crippen LogP contribution in [0.2, 0.25) is 0 Å². The van der Waals surface area contributed by atoms with Gasteiger partial charge in [0, 0.05) is 12.8 Å². The van der Waals surface area contributed by atoms with Crippen LogP contribution in [0.4, 0.5) is 0 Å². The van der Waals surface area contributed by atoms with Gasteiger partial charge in [-0.25, -0.2) is 0 Å². The fraction of sp³-hybridized carbons (Fsp3) is 0.714. The van der Waals surface area contributed by atoms with Crippen LogP contribution >= 0.6 is 0 Å². The topological polar surface area (TPSA) is 62.6 Å². The van der Waals surface area contributed by atoms with Gasteiger partial charge in [0.1, 0.15) is 0 Å². The van der Waals surface area contributed by atoms with E-state index in [1.807, 2.05) is 18.5 Å². The molecule has 1 heterocycles. The minimum Gasteiger partial charge on any atom is -0.382 e. The molecule has 0 bridgehead atoms. The van der Waals surface area contributed by atoms with Gasteiger partial charge in [0.2, 0.25) is 0 Å². The third-order valence-corrected chi connectivity index (χ3v) is 2.98. The van der Waals surface area contributed by atoms with E-state index >= 15 is 0 Å². The molecule has 0 saturated carbocycles. The maximum Gasteiger partial charge on any atom is 0.163 e. The number of methoxy groups -OCH3 is 1. The Morgan fingerprint density at radius 2 is 1.70 bits per heavy atom. The first-order chi connectivity index (χ1) is 9.57. The lowest BCUT2D eigenvalue weighted by Gasteiger charge is -2.07. The lowest BCUT2D eigenvalue weighted by atomic mass is 10.1. The number of carbonyl (C=O) groups excluding carboxylic acids is 1. The van der Waals surface area contributed by atoms with E-state index in [2.05, 4.69) is 5.10 Å². The summed E-state index contributed by atoms with van der Waals surface area (Å²) in [5.41, 5.74) is 2.39. The minimum absolute atomic E-state index is 0.0544. The Labute approximate surface area is 120 Å². The summed E-state index contributed by atoms with van der Waals surface area (Å²) in [5, 5.41) is 4.36. The van der Waals surface area contributed by atoms with E-state index in [0.29, 0.717) is 45.1 Å². The van der Waals surface area contributed by atoms with E-state index in [9.17, 15) is 4.79 Å². The number of Topliss-reactive ketones (excluding diaryl/α,β-unsaturated/α-hetero) is 1. The van der Waals surface area contributed by atoms with Crippen LogP contribution in [0.15, 0.2) is 0 Å². The van der Waals surface area contributed by atoms with Crippen molar-refractivity contribution in [2.24, 2.45) is 0 Å². The molecule has 0 radical (unpaired) electrons. The lowest BCUT2D eigenvalue weighted by molar-refractivity contribution is 0.0224. The molecular formula is C14H24N2O4. The summed E-state index contributed by atoms with van der Waals surface area (Å²) in [5.74, 6) is 0.0544. The van der Waals surface area contributed by atoms with Crippen LogP contribution in [-0.2, 0) is 20.8 Å². The van der Waals surface area contributed by atoms with Crippen molar-refractivity contribution in [2.75, 3.05) is 40.1 Å². The number of carbonyl (C=O) groups is 1. The fourth-order valence-corrected chi connectivity index (χ4v) is 2.04. The van der Waals surface area contributed by atoms with Gasteiger partial charge in [0.15, 0.2) is 5.78 Å². The van der Waals surface area contributed by atoms with Crippen molar-refractivity contribution < 1.29 is 19.0 Å². The van der Waals surface area contributed by atoms with E-state index in [-0.39, 0.29) is 5.78 Å². The monoisotopic (exact) mass is 284 g/mol. The molecule has 0 amide bonds. The first-order valence-electron chi connectivity index (χ1n) is 6.77. The predicted molar refractivity (Wildman–Crippen MR) is 75.2 cm³/mol. The Bertz CT molecular complexity index is 429. The summed E-state index contributed by atoms with van der Waals surface area (Å²) in [6, 6.07) is 0. The average molecular weight is 284 g/mol. The number of ketones is 1. The van der Waals surface area contributed by atoms with Crippen LogP contribution in [-0.4, -0.2) is 55.7 Å². The molecule has 0 aliphatic rings. The van der Waals surface area contributed by atoms with E-state index in [4.69, 9.17) is 14.2 Å². The van der Waals surface area contributed by atoms with Crippen molar-refractivity contribution >= 4 is 5.78 Å². The van der Waals surface area contributed by atoms with Crippen molar-refractivity contribution in [3.63, 3.8) is 0 Å². The summed E-state index contributed by atoms with van der Waals surface area (Å²) in [6.45, 7) is 8.79. The molecule has 1 rings (SSSR count). The Hall–Kier alpha value is -1.24. The predicted octanol–water partition coefficient (Wildman–Crippen LogP) is 1.38. The number of rotatable bonds is 10.